The Morgan fingerprint density at radius 1 is 1.00 bits per heavy atom. The Labute approximate surface area is 191 Å². The number of benzene rings is 2. The van der Waals surface area contributed by atoms with E-state index in [9.17, 15) is 9.59 Å². The molecule has 0 fully saturated rings. The third-order valence-corrected chi connectivity index (χ3v) is 6.73. The van der Waals surface area contributed by atoms with Gasteiger partial charge in [0.05, 0.1) is 11.7 Å². The van der Waals surface area contributed by atoms with E-state index < -0.39 is 6.04 Å². The number of fused-ring (bicyclic) bond motifs is 1. The minimum Gasteiger partial charge on any atom is -0.324 e. The van der Waals surface area contributed by atoms with Gasteiger partial charge in [-0.2, -0.15) is 0 Å². The van der Waals surface area contributed by atoms with Gasteiger partial charge in [-0.15, -0.1) is 11.3 Å². The van der Waals surface area contributed by atoms with E-state index in [2.05, 4.69) is 36.3 Å². The maximum atomic E-state index is 13.5. The molecule has 4 rings (SSSR count). The molecule has 0 aliphatic rings. The number of aryl methyl sites for hydroxylation is 2. The van der Waals surface area contributed by atoms with Crippen molar-refractivity contribution in [3.63, 3.8) is 0 Å². The number of anilines is 1. The summed E-state index contributed by atoms with van der Waals surface area (Å²) in [4.78, 5) is 31.7. The van der Waals surface area contributed by atoms with Crippen LogP contribution in [0.4, 0.5) is 5.69 Å². The molecular formula is C26H27N3O2S. The average molecular weight is 446 g/mol. The van der Waals surface area contributed by atoms with Crippen LogP contribution in [-0.2, 0) is 17.6 Å². The Morgan fingerprint density at radius 3 is 2.22 bits per heavy atom. The van der Waals surface area contributed by atoms with Crippen molar-refractivity contribution in [2.45, 2.75) is 46.1 Å². The number of amides is 1. The van der Waals surface area contributed by atoms with Crippen molar-refractivity contribution in [2.75, 3.05) is 5.32 Å². The van der Waals surface area contributed by atoms with Crippen molar-refractivity contribution in [3.05, 3.63) is 81.7 Å². The first-order valence-electron chi connectivity index (χ1n) is 11.0. The number of rotatable bonds is 7. The van der Waals surface area contributed by atoms with Crippen LogP contribution in [0.1, 0.15) is 44.4 Å². The minimum atomic E-state index is -0.638. The summed E-state index contributed by atoms with van der Waals surface area (Å²) in [5.41, 5.74) is 4.84. The summed E-state index contributed by atoms with van der Waals surface area (Å²) < 4.78 is 1.47. The van der Waals surface area contributed by atoms with Crippen LogP contribution in [0.2, 0.25) is 0 Å². The number of nitrogens with one attached hydrogen (secondary N) is 1. The number of aromatic nitrogens is 2. The molecule has 2 aromatic carbocycles. The fraction of sp³-hybridized carbons (Fsp3) is 0.269. The Hall–Kier alpha value is -3.25. The molecule has 32 heavy (non-hydrogen) atoms. The molecule has 2 aromatic heterocycles. The molecule has 1 atom stereocenters. The molecule has 0 aliphatic carbocycles. The first-order chi connectivity index (χ1) is 15.5. The summed E-state index contributed by atoms with van der Waals surface area (Å²) in [6.45, 7) is 6.11. The highest BCUT2D eigenvalue weighted by Crippen LogP contribution is 2.31. The third kappa shape index (κ3) is 4.23. The van der Waals surface area contributed by atoms with Crippen LogP contribution in [0.5, 0.6) is 0 Å². The van der Waals surface area contributed by atoms with Gasteiger partial charge in [-0.1, -0.05) is 57.2 Å². The molecule has 0 saturated heterocycles. The molecule has 0 aliphatic heterocycles. The van der Waals surface area contributed by atoms with Gasteiger partial charge in [0.2, 0.25) is 5.91 Å². The van der Waals surface area contributed by atoms with Crippen LogP contribution < -0.4 is 10.9 Å². The van der Waals surface area contributed by atoms with E-state index in [1.54, 1.807) is 0 Å². The van der Waals surface area contributed by atoms with Crippen molar-refractivity contribution in [1.82, 2.24) is 9.55 Å². The second-order valence-corrected chi connectivity index (χ2v) is 8.66. The molecule has 1 amide bonds. The number of nitrogens with zero attached hydrogens (tertiary/aromatic N) is 2. The predicted octanol–water partition coefficient (Wildman–Crippen LogP) is 5.84. The molecule has 5 nitrogen and oxygen atoms in total. The van der Waals surface area contributed by atoms with Crippen LogP contribution in [-0.4, -0.2) is 15.5 Å². The van der Waals surface area contributed by atoms with E-state index in [1.165, 1.54) is 33.4 Å². The van der Waals surface area contributed by atoms with E-state index in [4.69, 9.17) is 0 Å². The number of thiophene rings is 1. The highest BCUT2D eigenvalue weighted by atomic mass is 32.1. The van der Waals surface area contributed by atoms with Gasteiger partial charge in [0.25, 0.3) is 5.56 Å². The Bertz CT molecular complexity index is 1290. The van der Waals surface area contributed by atoms with E-state index >= 15 is 0 Å². The molecule has 1 unspecified atom stereocenters. The van der Waals surface area contributed by atoms with E-state index in [0.717, 1.165) is 29.7 Å². The van der Waals surface area contributed by atoms with Crippen LogP contribution in [0, 0.1) is 0 Å². The number of carbonyl (C=O) groups is 1. The summed E-state index contributed by atoms with van der Waals surface area (Å²) in [6.07, 6.45) is 3.89. The molecule has 0 spiro atoms. The number of hydrogen-bond donors (Lipinski definition) is 1. The van der Waals surface area contributed by atoms with Gasteiger partial charge in [0.15, 0.2) is 0 Å². The van der Waals surface area contributed by atoms with Crippen molar-refractivity contribution in [2.24, 2.45) is 0 Å². The Morgan fingerprint density at radius 2 is 1.62 bits per heavy atom. The summed E-state index contributed by atoms with van der Waals surface area (Å²) in [5.74, 6) is -0.218. The number of carbonyl (C=O) groups excluding carboxylic acids is 1. The van der Waals surface area contributed by atoms with Crippen LogP contribution in [0.25, 0.3) is 21.3 Å². The molecule has 4 aromatic rings. The lowest BCUT2D eigenvalue weighted by Gasteiger charge is -2.18. The Kier molecular flexibility index (Phi) is 6.51. The van der Waals surface area contributed by atoms with Crippen LogP contribution >= 0.6 is 11.3 Å². The summed E-state index contributed by atoms with van der Waals surface area (Å²) in [5, 5.41) is 5.49. The summed E-state index contributed by atoms with van der Waals surface area (Å²) in [7, 11) is 0. The smallest absolute Gasteiger partial charge is 0.263 e. The fourth-order valence-electron chi connectivity index (χ4n) is 3.86. The van der Waals surface area contributed by atoms with Crippen molar-refractivity contribution >= 4 is 33.1 Å². The molecule has 0 saturated carbocycles. The lowest BCUT2D eigenvalue weighted by Crippen LogP contribution is -2.33. The second-order valence-electron chi connectivity index (χ2n) is 7.80. The van der Waals surface area contributed by atoms with E-state index in [0.29, 0.717) is 16.6 Å². The SMILES string of the molecule is CCc1ccc(NC(=O)C(CC)n2cnc3scc(-c4ccc(CC)cc4)c3c2=O)cc1. The van der Waals surface area contributed by atoms with Gasteiger partial charge >= 0.3 is 0 Å². The van der Waals surface area contributed by atoms with Crippen LogP contribution in [0.3, 0.4) is 0 Å². The summed E-state index contributed by atoms with van der Waals surface area (Å²) >= 11 is 1.45. The molecule has 0 bridgehead atoms. The molecular weight excluding hydrogens is 418 g/mol. The normalized spacial score (nSPS) is 12.1. The highest BCUT2D eigenvalue weighted by molar-refractivity contribution is 7.17. The van der Waals surface area contributed by atoms with Gasteiger partial charge in [-0.25, -0.2) is 4.98 Å². The molecule has 6 heteroatoms. The number of hydrogen-bond acceptors (Lipinski definition) is 4. The van der Waals surface area contributed by atoms with Gasteiger partial charge in [0.1, 0.15) is 10.9 Å². The van der Waals surface area contributed by atoms with Crippen molar-refractivity contribution < 1.29 is 4.79 Å². The first kappa shape index (κ1) is 22.0. The van der Waals surface area contributed by atoms with Gasteiger partial charge < -0.3 is 5.32 Å². The maximum absolute atomic E-state index is 13.5. The predicted molar refractivity (Wildman–Crippen MR) is 132 cm³/mol. The quantitative estimate of drug-likeness (QED) is 0.389. The standard InChI is InChI=1S/C26H27N3O2S/c1-4-17-7-11-19(12-8-17)21-15-32-25-23(21)26(31)29(16-27-25)22(6-3)24(30)28-20-13-9-18(5-2)10-14-20/h7-16,22H,4-6H2,1-3H3,(H,28,30). The molecule has 2 heterocycles. The topological polar surface area (TPSA) is 64.0 Å². The van der Waals surface area contributed by atoms with Gasteiger partial charge in [0, 0.05) is 16.6 Å². The Balaban J connectivity index is 1.69. The lowest BCUT2D eigenvalue weighted by molar-refractivity contribution is -0.119. The monoisotopic (exact) mass is 445 g/mol. The summed E-state index contributed by atoms with van der Waals surface area (Å²) in [6, 6.07) is 15.4. The zero-order valence-corrected chi connectivity index (χ0v) is 19.4. The van der Waals surface area contributed by atoms with Gasteiger partial charge in [-0.3, -0.25) is 14.2 Å². The highest BCUT2D eigenvalue weighted by Gasteiger charge is 2.23. The second kappa shape index (κ2) is 9.49. The lowest BCUT2D eigenvalue weighted by atomic mass is 10.0. The fourth-order valence-corrected chi connectivity index (χ4v) is 4.76. The largest absolute Gasteiger partial charge is 0.324 e. The van der Waals surface area contributed by atoms with Crippen molar-refractivity contribution in [3.8, 4) is 11.1 Å². The first-order valence-corrected chi connectivity index (χ1v) is 11.9. The third-order valence-electron chi connectivity index (χ3n) is 5.85. The van der Waals surface area contributed by atoms with Crippen molar-refractivity contribution in [1.29, 1.82) is 0 Å². The average Bonchev–Trinajstić information content (AvgIpc) is 3.26. The minimum absolute atomic E-state index is 0.186. The zero-order valence-electron chi connectivity index (χ0n) is 18.6. The molecule has 164 valence electrons. The molecule has 0 radical (unpaired) electrons. The van der Waals surface area contributed by atoms with E-state index in [-0.39, 0.29) is 11.5 Å². The zero-order chi connectivity index (χ0) is 22.7. The van der Waals surface area contributed by atoms with Gasteiger partial charge in [-0.05, 0) is 48.1 Å². The maximum Gasteiger partial charge on any atom is 0.263 e. The molecule has 1 N–H and O–H groups in total. The van der Waals surface area contributed by atoms with E-state index in [1.807, 2.05) is 48.7 Å². The van der Waals surface area contributed by atoms with Crippen LogP contribution in [0.15, 0.2) is 65.0 Å².